The predicted molar refractivity (Wildman–Crippen MR) is 94.6 cm³/mol. The van der Waals surface area contributed by atoms with Crippen LogP contribution in [0.2, 0.25) is 0 Å². The van der Waals surface area contributed by atoms with E-state index in [1.54, 1.807) is 0 Å². The number of ether oxygens (including phenoxy) is 3. The third kappa shape index (κ3) is 6.87. The maximum Gasteiger partial charge on any atom is 0.330 e. The average molecular weight is 340 g/mol. The minimum Gasteiger partial charge on any atom is -0.459 e. The van der Waals surface area contributed by atoms with Crippen LogP contribution in [0.4, 0.5) is 0 Å². The second kappa shape index (κ2) is 11.0. The minimum atomic E-state index is -0.890. The fourth-order valence-corrected chi connectivity index (χ4v) is 2.61. The molecule has 0 aromatic carbocycles. The number of rotatable bonds is 13. The summed E-state index contributed by atoms with van der Waals surface area (Å²) in [6.07, 6.45) is 6.25. The predicted octanol–water partition coefficient (Wildman–Crippen LogP) is 3.97. The summed E-state index contributed by atoms with van der Waals surface area (Å²) >= 11 is 0. The molecule has 0 unspecified atom stereocenters. The van der Waals surface area contributed by atoms with Crippen molar-refractivity contribution in [3.05, 3.63) is 25.3 Å². The van der Waals surface area contributed by atoms with Crippen LogP contribution in [0, 0.1) is 0 Å². The number of hydrogen-bond donors (Lipinski definition) is 0. The van der Waals surface area contributed by atoms with Crippen molar-refractivity contribution in [2.45, 2.75) is 71.0 Å². The molecule has 0 aliphatic heterocycles. The van der Waals surface area contributed by atoms with Crippen molar-refractivity contribution in [3.8, 4) is 0 Å². The molecule has 5 nitrogen and oxygen atoms in total. The summed E-state index contributed by atoms with van der Waals surface area (Å²) in [5, 5.41) is 0. The first-order valence-corrected chi connectivity index (χ1v) is 8.65. The summed E-state index contributed by atoms with van der Waals surface area (Å²) < 4.78 is 16.9. The number of hydrogen-bond acceptors (Lipinski definition) is 5. The molecule has 0 spiro atoms. The van der Waals surface area contributed by atoms with Gasteiger partial charge in [0.05, 0.1) is 5.60 Å². The van der Waals surface area contributed by atoms with Crippen LogP contribution < -0.4 is 0 Å². The van der Waals surface area contributed by atoms with E-state index in [1.807, 2.05) is 6.92 Å². The van der Waals surface area contributed by atoms with Gasteiger partial charge >= 0.3 is 11.9 Å². The Bertz CT molecular complexity index is 399. The highest BCUT2D eigenvalue weighted by molar-refractivity contribution is 5.81. The molecular formula is C19H32O5. The van der Waals surface area contributed by atoms with E-state index in [2.05, 4.69) is 33.9 Å². The Kier molecular flexibility index (Phi) is 10.3. The Hall–Kier alpha value is -1.62. The van der Waals surface area contributed by atoms with Gasteiger partial charge in [0.25, 0.3) is 0 Å². The Morgan fingerprint density at radius 1 is 0.833 bits per heavy atom. The maximum atomic E-state index is 11.5. The molecule has 24 heavy (non-hydrogen) atoms. The van der Waals surface area contributed by atoms with Gasteiger partial charge in [0, 0.05) is 12.2 Å². The van der Waals surface area contributed by atoms with E-state index in [-0.39, 0.29) is 18.8 Å². The zero-order valence-corrected chi connectivity index (χ0v) is 15.6. The van der Waals surface area contributed by atoms with Gasteiger partial charge in [-0.05, 0) is 25.7 Å². The second-order valence-electron chi connectivity index (χ2n) is 5.90. The van der Waals surface area contributed by atoms with Crippen LogP contribution in [-0.2, 0) is 23.8 Å². The first-order valence-electron chi connectivity index (χ1n) is 8.65. The fraction of sp³-hybridized carbons (Fsp3) is 0.684. The van der Waals surface area contributed by atoms with Crippen LogP contribution in [0.1, 0.15) is 59.8 Å². The molecule has 0 N–H and O–H groups in total. The van der Waals surface area contributed by atoms with Gasteiger partial charge in [-0.1, -0.05) is 47.3 Å². The number of esters is 2. The molecule has 0 radical (unpaired) electrons. The van der Waals surface area contributed by atoms with Crippen LogP contribution in [0.25, 0.3) is 0 Å². The molecule has 0 saturated heterocycles. The summed E-state index contributed by atoms with van der Waals surface area (Å²) in [6.45, 7) is 15.0. The molecule has 0 rings (SSSR count). The minimum absolute atomic E-state index is 0.00421. The quantitative estimate of drug-likeness (QED) is 0.375. The molecule has 0 fully saturated rings. The average Bonchev–Trinajstić information content (AvgIpc) is 2.62. The standard InChI is InChI=1S/C19H32O5/c1-7-13-18(10-4,11-5)24-19(12-6,14-22-16(20)8-2)15-23-17(21)9-3/h8-9H,2-3,7,10-15H2,1,4-6H3. The smallest absolute Gasteiger partial charge is 0.330 e. The first-order chi connectivity index (χ1) is 11.4. The molecule has 0 aromatic heterocycles. The topological polar surface area (TPSA) is 61.8 Å². The van der Waals surface area contributed by atoms with Crippen molar-refractivity contribution in [1.82, 2.24) is 0 Å². The van der Waals surface area contributed by atoms with Gasteiger partial charge in [-0.25, -0.2) is 9.59 Å². The highest BCUT2D eigenvalue weighted by atomic mass is 16.6. The molecule has 0 saturated carbocycles. The first kappa shape index (κ1) is 22.4. The van der Waals surface area contributed by atoms with Gasteiger partial charge in [0.1, 0.15) is 18.8 Å². The summed E-state index contributed by atoms with van der Waals surface area (Å²) in [6, 6.07) is 0. The van der Waals surface area contributed by atoms with Crippen molar-refractivity contribution in [1.29, 1.82) is 0 Å². The van der Waals surface area contributed by atoms with E-state index in [9.17, 15) is 9.59 Å². The second-order valence-corrected chi connectivity index (χ2v) is 5.90. The highest BCUT2D eigenvalue weighted by Gasteiger charge is 2.41. The van der Waals surface area contributed by atoms with Crippen molar-refractivity contribution < 1.29 is 23.8 Å². The van der Waals surface area contributed by atoms with Gasteiger partial charge in [-0.2, -0.15) is 0 Å². The van der Waals surface area contributed by atoms with Gasteiger partial charge in [-0.3, -0.25) is 0 Å². The van der Waals surface area contributed by atoms with Gasteiger partial charge < -0.3 is 14.2 Å². The molecule has 138 valence electrons. The van der Waals surface area contributed by atoms with Gasteiger partial charge in [0.15, 0.2) is 0 Å². The SMILES string of the molecule is C=CC(=O)OCC(CC)(COC(=O)C=C)OC(CC)(CC)CCC. The molecule has 0 aliphatic rings. The maximum absolute atomic E-state index is 11.5. The van der Waals surface area contributed by atoms with E-state index < -0.39 is 17.5 Å². The normalized spacial score (nSPS) is 11.7. The lowest BCUT2D eigenvalue weighted by molar-refractivity contribution is -0.211. The summed E-state index contributed by atoms with van der Waals surface area (Å²) in [5.74, 6) is -1.05. The van der Waals surface area contributed by atoms with E-state index in [0.29, 0.717) is 6.42 Å². The van der Waals surface area contributed by atoms with Gasteiger partial charge in [-0.15, -0.1) is 0 Å². The van der Waals surface area contributed by atoms with Gasteiger partial charge in [0.2, 0.25) is 0 Å². The van der Waals surface area contributed by atoms with Crippen molar-refractivity contribution >= 4 is 11.9 Å². The fourth-order valence-electron chi connectivity index (χ4n) is 2.61. The van der Waals surface area contributed by atoms with Crippen LogP contribution in [0.5, 0.6) is 0 Å². The van der Waals surface area contributed by atoms with Crippen LogP contribution in [0.3, 0.4) is 0 Å². The third-order valence-corrected chi connectivity index (χ3v) is 4.36. The zero-order chi connectivity index (χ0) is 18.6. The van der Waals surface area contributed by atoms with E-state index in [1.165, 1.54) is 0 Å². The van der Waals surface area contributed by atoms with Crippen LogP contribution in [-0.4, -0.2) is 36.4 Å². The Morgan fingerprint density at radius 3 is 1.54 bits per heavy atom. The Labute approximate surface area is 146 Å². The van der Waals surface area contributed by atoms with E-state index >= 15 is 0 Å². The largest absolute Gasteiger partial charge is 0.459 e. The highest BCUT2D eigenvalue weighted by Crippen LogP contribution is 2.34. The molecule has 0 atom stereocenters. The molecule has 0 heterocycles. The summed E-state index contributed by atoms with van der Waals surface area (Å²) in [7, 11) is 0. The van der Waals surface area contributed by atoms with Crippen molar-refractivity contribution in [2.75, 3.05) is 13.2 Å². The number of carbonyl (C=O) groups is 2. The molecule has 0 aromatic rings. The molecular weight excluding hydrogens is 308 g/mol. The molecule has 0 amide bonds. The lowest BCUT2D eigenvalue weighted by atomic mass is 9.89. The number of carbonyl (C=O) groups excluding carboxylic acids is 2. The van der Waals surface area contributed by atoms with Crippen molar-refractivity contribution in [3.63, 3.8) is 0 Å². The van der Waals surface area contributed by atoms with Crippen molar-refractivity contribution in [2.24, 2.45) is 0 Å². The Balaban J connectivity index is 5.43. The lowest BCUT2D eigenvalue weighted by Gasteiger charge is -2.42. The molecule has 0 bridgehead atoms. The van der Waals surface area contributed by atoms with E-state index in [4.69, 9.17) is 14.2 Å². The summed E-state index contributed by atoms with van der Waals surface area (Å²) in [4.78, 5) is 23.0. The van der Waals surface area contributed by atoms with Crippen LogP contribution in [0.15, 0.2) is 25.3 Å². The molecule has 5 heteroatoms. The van der Waals surface area contributed by atoms with E-state index in [0.717, 1.165) is 37.8 Å². The lowest BCUT2D eigenvalue weighted by Crippen LogP contribution is -2.50. The van der Waals surface area contributed by atoms with Crippen LogP contribution >= 0.6 is 0 Å². The Morgan fingerprint density at radius 2 is 1.25 bits per heavy atom. The zero-order valence-electron chi connectivity index (χ0n) is 15.6. The third-order valence-electron chi connectivity index (χ3n) is 4.36. The monoisotopic (exact) mass is 340 g/mol. The summed E-state index contributed by atoms with van der Waals surface area (Å²) in [5.41, 5.74) is -1.23. The molecule has 0 aliphatic carbocycles.